The van der Waals surface area contributed by atoms with Crippen molar-refractivity contribution in [3.05, 3.63) is 29.8 Å². The number of imide groups is 1. The van der Waals surface area contributed by atoms with Crippen molar-refractivity contribution in [1.29, 1.82) is 0 Å². The third-order valence-corrected chi connectivity index (χ3v) is 6.47. The SMILES string of the molecule is CC[C@]1(C)NC(=O)N(NC(=O)COC(=O)c2ccc(OCC(=O)N3[C@H](C)CCC[C@@H]3C)cc2)C1=O. The molecule has 0 aromatic heterocycles. The smallest absolute Gasteiger partial charge is 0.344 e. The van der Waals surface area contributed by atoms with E-state index in [0.717, 1.165) is 19.3 Å². The van der Waals surface area contributed by atoms with Crippen LogP contribution in [0.4, 0.5) is 4.79 Å². The van der Waals surface area contributed by atoms with Crippen LogP contribution in [0.1, 0.15) is 63.7 Å². The van der Waals surface area contributed by atoms with E-state index < -0.39 is 36.0 Å². The topological polar surface area (TPSA) is 134 Å². The number of ether oxygens (including phenoxy) is 2. The molecule has 0 aliphatic carbocycles. The van der Waals surface area contributed by atoms with E-state index in [9.17, 15) is 24.0 Å². The summed E-state index contributed by atoms with van der Waals surface area (Å²) >= 11 is 0. The number of carbonyl (C=O) groups excluding carboxylic acids is 5. The van der Waals surface area contributed by atoms with Gasteiger partial charge in [-0.25, -0.2) is 9.59 Å². The van der Waals surface area contributed by atoms with Crippen molar-refractivity contribution in [2.75, 3.05) is 13.2 Å². The second-order valence-corrected chi connectivity index (χ2v) is 9.11. The second-order valence-electron chi connectivity index (χ2n) is 9.11. The summed E-state index contributed by atoms with van der Waals surface area (Å²) in [6.45, 7) is 6.57. The molecular weight excluding hydrogens is 456 g/mol. The predicted octanol–water partition coefficient (Wildman–Crippen LogP) is 1.76. The van der Waals surface area contributed by atoms with Gasteiger partial charge in [-0.2, -0.15) is 5.01 Å². The Bertz CT molecular complexity index is 986. The maximum atomic E-state index is 12.6. The molecule has 0 saturated carbocycles. The van der Waals surface area contributed by atoms with E-state index in [4.69, 9.17) is 9.47 Å². The van der Waals surface area contributed by atoms with E-state index in [1.165, 1.54) is 24.3 Å². The van der Waals surface area contributed by atoms with Crippen LogP contribution in [0.15, 0.2) is 24.3 Å². The van der Waals surface area contributed by atoms with E-state index >= 15 is 0 Å². The number of hydrazine groups is 1. The number of rotatable bonds is 8. The molecule has 3 atom stereocenters. The number of hydrogen-bond donors (Lipinski definition) is 2. The van der Waals surface area contributed by atoms with Gasteiger partial charge in [-0.15, -0.1) is 0 Å². The first kappa shape index (κ1) is 26.0. The van der Waals surface area contributed by atoms with Gasteiger partial charge in [0, 0.05) is 12.1 Å². The number of likely N-dealkylation sites (tertiary alicyclic amines) is 1. The average molecular weight is 489 g/mol. The number of hydrogen-bond acceptors (Lipinski definition) is 7. The number of piperidine rings is 1. The van der Waals surface area contributed by atoms with Gasteiger partial charge in [-0.3, -0.25) is 19.8 Å². The third-order valence-electron chi connectivity index (χ3n) is 6.47. The molecule has 190 valence electrons. The number of amides is 5. The van der Waals surface area contributed by atoms with Crippen LogP contribution in [0.25, 0.3) is 0 Å². The molecule has 5 amide bonds. The first-order chi connectivity index (χ1) is 16.6. The van der Waals surface area contributed by atoms with Crippen molar-refractivity contribution >= 4 is 29.7 Å². The summed E-state index contributed by atoms with van der Waals surface area (Å²) in [5, 5.41) is 3.08. The summed E-state index contributed by atoms with van der Waals surface area (Å²) in [4.78, 5) is 63.0. The highest BCUT2D eigenvalue weighted by Gasteiger charge is 2.47. The van der Waals surface area contributed by atoms with E-state index in [2.05, 4.69) is 10.7 Å². The van der Waals surface area contributed by atoms with Crippen LogP contribution in [0.3, 0.4) is 0 Å². The molecule has 2 aliphatic heterocycles. The van der Waals surface area contributed by atoms with Crippen LogP contribution in [-0.4, -0.2) is 70.5 Å². The highest BCUT2D eigenvalue weighted by molar-refractivity contribution is 6.07. The van der Waals surface area contributed by atoms with Crippen LogP contribution < -0.4 is 15.5 Å². The van der Waals surface area contributed by atoms with Gasteiger partial charge >= 0.3 is 12.0 Å². The fourth-order valence-corrected chi connectivity index (χ4v) is 4.22. The zero-order valence-corrected chi connectivity index (χ0v) is 20.5. The first-order valence-electron chi connectivity index (χ1n) is 11.7. The Morgan fingerprint density at radius 2 is 1.71 bits per heavy atom. The molecule has 0 radical (unpaired) electrons. The molecule has 2 aliphatic rings. The Balaban J connectivity index is 1.46. The molecule has 0 bridgehead atoms. The lowest BCUT2D eigenvalue weighted by Gasteiger charge is -2.38. The summed E-state index contributed by atoms with van der Waals surface area (Å²) in [6, 6.07) is 5.58. The molecule has 0 spiro atoms. The molecule has 3 rings (SSSR count). The Morgan fingerprint density at radius 1 is 1.09 bits per heavy atom. The average Bonchev–Trinajstić information content (AvgIpc) is 3.04. The van der Waals surface area contributed by atoms with E-state index in [1.807, 2.05) is 18.7 Å². The number of esters is 1. The molecule has 0 unspecified atom stereocenters. The zero-order valence-electron chi connectivity index (χ0n) is 20.5. The fourth-order valence-electron chi connectivity index (χ4n) is 4.22. The van der Waals surface area contributed by atoms with E-state index in [0.29, 0.717) is 17.2 Å². The number of benzene rings is 1. The Kier molecular flexibility index (Phi) is 7.98. The molecule has 35 heavy (non-hydrogen) atoms. The number of nitrogens with zero attached hydrogens (tertiary/aromatic N) is 2. The summed E-state index contributed by atoms with van der Waals surface area (Å²) in [7, 11) is 0. The van der Waals surface area contributed by atoms with Gasteiger partial charge in [0.05, 0.1) is 5.56 Å². The van der Waals surface area contributed by atoms with Crippen LogP contribution in [0, 0.1) is 0 Å². The lowest BCUT2D eigenvalue weighted by Crippen LogP contribution is -2.49. The molecular formula is C24H32N4O7. The van der Waals surface area contributed by atoms with Crippen LogP contribution in [0.2, 0.25) is 0 Å². The summed E-state index contributed by atoms with van der Waals surface area (Å²) < 4.78 is 10.6. The maximum absolute atomic E-state index is 12.6. The monoisotopic (exact) mass is 488 g/mol. The number of urea groups is 1. The molecule has 2 fully saturated rings. The van der Waals surface area contributed by atoms with Gasteiger partial charge < -0.3 is 19.7 Å². The largest absolute Gasteiger partial charge is 0.484 e. The highest BCUT2D eigenvalue weighted by atomic mass is 16.5. The molecule has 1 aromatic carbocycles. The standard InChI is InChI=1S/C24H32N4O7/c1-5-24(4)22(32)28(23(33)25-24)26-19(29)13-35-21(31)17-9-11-18(12-10-17)34-14-20(30)27-15(2)7-6-8-16(27)3/h9-12,15-16H,5-8,13-14H2,1-4H3,(H,25,33)(H,26,29)/t15-,16+,24-/m0/s1. The number of nitrogens with one attached hydrogen (secondary N) is 2. The van der Waals surface area contributed by atoms with Crippen LogP contribution >= 0.6 is 0 Å². The minimum Gasteiger partial charge on any atom is -0.484 e. The molecule has 1 aromatic rings. The minimum atomic E-state index is -1.10. The van der Waals surface area contributed by atoms with Crippen molar-refractivity contribution in [3.63, 3.8) is 0 Å². The van der Waals surface area contributed by atoms with Crippen molar-refractivity contribution < 1.29 is 33.4 Å². The van der Waals surface area contributed by atoms with Gasteiger partial charge in [0.25, 0.3) is 17.7 Å². The van der Waals surface area contributed by atoms with Crippen molar-refractivity contribution in [1.82, 2.24) is 20.7 Å². The zero-order chi connectivity index (χ0) is 25.8. The van der Waals surface area contributed by atoms with E-state index in [-0.39, 0.29) is 30.2 Å². The lowest BCUT2D eigenvalue weighted by atomic mass is 9.97. The first-order valence-corrected chi connectivity index (χ1v) is 11.7. The van der Waals surface area contributed by atoms with Crippen molar-refractivity contribution in [2.24, 2.45) is 0 Å². The lowest BCUT2D eigenvalue weighted by molar-refractivity contribution is -0.140. The fraction of sp³-hybridized carbons (Fsp3) is 0.542. The highest BCUT2D eigenvalue weighted by Crippen LogP contribution is 2.23. The van der Waals surface area contributed by atoms with Gasteiger partial charge in [-0.1, -0.05) is 6.92 Å². The van der Waals surface area contributed by atoms with Gasteiger partial charge in [0.15, 0.2) is 13.2 Å². The van der Waals surface area contributed by atoms with E-state index in [1.54, 1.807) is 13.8 Å². The van der Waals surface area contributed by atoms with Crippen LogP contribution in [-0.2, 0) is 19.1 Å². The van der Waals surface area contributed by atoms with Crippen molar-refractivity contribution in [3.8, 4) is 5.75 Å². The summed E-state index contributed by atoms with van der Waals surface area (Å²) in [5.74, 6) is -1.86. The normalized spacial score (nSPS) is 24.1. The Morgan fingerprint density at radius 3 is 2.29 bits per heavy atom. The second kappa shape index (κ2) is 10.7. The quantitative estimate of drug-likeness (QED) is 0.421. The molecule has 2 heterocycles. The third kappa shape index (κ3) is 5.90. The number of carbonyl (C=O) groups is 5. The van der Waals surface area contributed by atoms with Gasteiger partial charge in [-0.05, 0) is 70.7 Å². The predicted molar refractivity (Wildman–Crippen MR) is 124 cm³/mol. The van der Waals surface area contributed by atoms with Gasteiger partial charge in [0.2, 0.25) is 0 Å². The molecule has 11 heteroatoms. The van der Waals surface area contributed by atoms with Gasteiger partial charge in [0.1, 0.15) is 11.3 Å². The summed E-state index contributed by atoms with van der Waals surface area (Å²) in [5.41, 5.74) is 1.22. The maximum Gasteiger partial charge on any atom is 0.344 e. The minimum absolute atomic E-state index is 0.0800. The van der Waals surface area contributed by atoms with Crippen molar-refractivity contribution in [2.45, 2.75) is 71.0 Å². The summed E-state index contributed by atoms with van der Waals surface area (Å²) in [6.07, 6.45) is 3.41. The molecule has 11 nitrogen and oxygen atoms in total. The van der Waals surface area contributed by atoms with Crippen LogP contribution in [0.5, 0.6) is 5.75 Å². The Hall–Kier alpha value is -3.63. The Labute approximate surface area is 204 Å². The molecule has 2 N–H and O–H groups in total. The molecule has 2 saturated heterocycles.